The number of hydrogen-bond acceptors (Lipinski definition) is 11. The first-order valence-corrected chi connectivity index (χ1v) is 20.0. The van der Waals surface area contributed by atoms with Gasteiger partial charge in [0.2, 0.25) is 5.91 Å². The SMILES string of the molecule is CNC(C)C(=O)Nc1cc(COc2cc3c(cc2OC)C(=O)N2c4ccccc4CC2CN3)cc(COc2cc3c(cc2OC)C(=O)N2c4ccccc4CC2[C@@H](O)N3)c1. The smallest absolute Gasteiger partial charge is 0.260 e. The van der Waals surface area contributed by atoms with Crippen molar-refractivity contribution in [2.24, 2.45) is 0 Å². The maximum atomic E-state index is 14.0. The number of hydrogen-bond donors (Lipinski definition) is 5. The summed E-state index contributed by atoms with van der Waals surface area (Å²) in [6, 6.07) is 27.1. The molecule has 0 saturated heterocycles. The van der Waals surface area contributed by atoms with Crippen LogP contribution < -0.4 is 50.0 Å². The summed E-state index contributed by atoms with van der Waals surface area (Å²) >= 11 is 0. The van der Waals surface area contributed by atoms with Gasteiger partial charge in [0.15, 0.2) is 23.0 Å². The lowest BCUT2D eigenvalue weighted by atomic mass is 10.1. The van der Waals surface area contributed by atoms with Crippen LogP contribution in [-0.2, 0) is 30.8 Å². The van der Waals surface area contributed by atoms with E-state index in [2.05, 4.69) is 27.3 Å². The molecule has 5 aromatic carbocycles. The number of carbonyl (C=O) groups excluding carboxylic acids is 3. The summed E-state index contributed by atoms with van der Waals surface area (Å²) in [7, 11) is 4.76. The number of anilines is 5. The van der Waals surface area contributed by atoms with Crippen molar-refractivity contribution in [3.05, 3.63) is 124 Å². The van der Waals surface area contributed by atoms with E-state index in [-0.39, 0.29) is 37.0 Å². The summed E-state index contributed by atoms with van der Waals surface area (Å²) < 4.78 is 24.2. The molecule has 5 aromatic rings. The normalized spacial score (nSPS) is 18.9. The third-order valence-electron chi connectivity index (χ3n) is 11.7. The molecule has 60 heavy (non-hydrogen) atoms. The third-order valence-corrected chi connectivity index (χ3v) is 11.7. The predicted octanol–water partition coefficient (Wildman–Crippen LogP) is 5.72. The Kier molecular flexibility index (Phi) is 10.2. The van der Waals surface area contributed by atoms with Gasteiger partial charge in [-0.1, -0.05) is 36.4 Å². The minimum Gasteiger partial charge on any atom is -0.493 e. The Labute approximate surface area is 347 Å². The molecule has 14 nitrogen and oxygen atoms in total. The lowest BCUT2D eigenvalue weighted by molar-refractivity contribution is -0.117. The summed E-state index contributed by atoms with van der Waals surface area (Å²) in [4.78, 5) is 44.5. The van der Waals surface area contributed by atoms with E-state index in [1.54, 1.807) is 43.1 Å². The molecule has 4 atom stereocenters. The molecule has 9 rings (SSSR count). The average molecular weight is 811 g/mol. The van der Waals surface area contributed by atoms with Gasteiger partial charge in [-0.3, -0.25) is 14.4 Å². The van der Waals surface area contributed by atoms with E-state index >= 15 is 0 Å². The highest BCUT2D eigenvalue weighted by Crippen LogP contribution is 2.43. The topological polar surface area (TPSA) is 163 Å². The lowest BCUT2D eigenvalue weighted by Gasteiger charge is -2.26. The van der Waals surface area contributed by atoms with Crippen LogP contribution in [-0.4, -0.2) is 75.0 Å². The molecule has 0 bridgehead atoms. The number of amides is 3. The van der Waals surface area contributed by atoms with Crippen LogP contribution >= 0.6 is 0 Å². The fourth-order valence-corrected chi connectivity index (χ4v) is 8.56. The molecule has 0 spiro atoms. The second kappa shape index (κ2) is 15.8. The number of nitrogens with zero attached hydrogens (tertiary/aromatic N) is 2. The van der Waals surface area contributed by atoms with Crippen LogP contribution in [0.1, 0.15) is 49.9 Å². The number of rotatable bonds is 11. The lowest BCUT2D eigenvalue weighted by Crippen LogP contribution is -2.45. The molecular formula is C46H46N6O8. The fraction of sp³-hybridized carbons (Fsp3) is 0.283. The van der Waals surface area contributed by atoms with Gasteiger partial charge < -0.3 is 55.1 Å². The predicted molar refractivity (Wildman–Crippen MR) is 228 cm³/mol. The Balaban J connectivity index is 0.973. The van der Waals surface area contributed by atoms with Crippen LogP contribution in [0, 0.1) is 0 Å². The number of nitrogens with one attached hydrogen (secondary N) is 4. The molecule has 308 valence electrons. The molecule has 0 aliphatic carbocycles. The Morgan fingerprint density at radius 2 is 1.33 bits per heavy atom. The maximum absolute atomic E-state index is 14.0. The minimum atomic E-state index is -1.03. The van der Waals surface area contributed by atoms with Crippen molar-refractivity contribution in [1.29, 1.82) is 0 Å². The minimum absolute atomic E-state index is 0.0196. The zero-order valence-corrected chi connectivity index (χ0v) is 33.7. The first-order valence-electron chi connectivity index (χ1n) is 20.0. The highest BCUT2D eigenvalue weighted by molar-refractivity contribution is 6.13. The van der Waals surface area contributed by atoms with E-state index in [1.807, 2.05) is 65.6 Å². The molecule has 14 heteroatoms. The van der Waals surface area contributed by atoms with Crippen molar-refractivity contribution in [3.63, 3.8) is 0 Å². The molecule has 4 heterocycles. The van der Waals surface area contributed by atoms with Gasteiger partial charge in [0, 0.05) is 35.7 Å². The van der Waals surface area contributed by atoms with Crippen molar-refractivity contribution in [2.45, 2.75) is 57.3 Å². The molecule has 0 aromatic heterocycles. The van der Waals surface area contributed by atoms with Gasteiger partial charge in [-0.05, 0) is 91.5 Å². The Morgan fingerprint density at radius 1 is 0.767 bits per heavy atom. The average Bonchev–Trinajstić information content (AvgIpc) is 3.78. The van der Waals surface area contributed by atoms with Crippen LogP contribution in [0.2, 0.25) is 0 Å². The standard InChI is InChI=1S/C46H46N6O8/c1-25(47-2)43(53)49-30-14-26(23-59-41-20-34-32(18-39(41)57-3)45(55)51-31(22-48-34)16-28-9-5-7-11-36(28)51)13-27(15-30)24-60-42-21-35-33(19-40(42)58-4)46(56)52-37-12-8-6-10-29(37)17-38(52)44(54)50-35/h5-15,18-21,25,31,38,44,47-48,50,54H,16-17,22-24H2,1-4H3,(H,49,53)/t25?,31?,38?,44-/m1/s1. The van der Waals surface area contributed by atoms with Gasteiger partial charge in [0.25, 0.3) is 11.8 Å². The number of aliphatic hydroxyl groups excluding tert-OH is 1. The van der Waals surface area contributed by atoms with E-state index in [1.165, 1.54) is 14.2 Å². The van der Waals surface area contributed by atoms with Crippen LogP contribution in [0.4, 0.5) is 28.4 Å². The molecular weight excluding hydrogens is 765 g/mol. The quantitative estimate of drug-likeness (QED) is 0.111. The number of para-hydroxylation sites is 2. The van der Waals surface area contributed by atoms with E-state index in [0.717, 1.165) is 34.5 Å². The second-order valence-electron chi connectivity index (χ2n) is 15.4. The number of methoxy groups -OCH3 is 2. The molecule has 0 radical (unpaired) electrons. The van der Waals surface area contributed by atoms with Crippen molar-refractivity contribution >= 4 is 46.2 Å². The molecule has 4 aliphatic heterocycles. The van der Waals surface area contributed by atoms with Gasteiger partial charge in [-0.2, -0.15) is 0 Å². The van der Waals surface area contributed by atoms with Gasteiger partial charge in [-0.15, -0.1) is 0 Å². The Morgan fingerprint density at radius 3 is 1.97 bits per heavy atom. The van der Waals surface area contributed by atoms with E-state index < -0.39 is 18.3 Å². The first-order chi connectivity index (χ1) is 29.1. The van der Waals surface area contributed by atoms with E-state index in [0.29, 0.717) is 69.7 Å². The summed E-state index contributed by atoms with van der Waals surface area (Å²) in [5, 5.41) is 23.8. The summed E-state index contributed by atoms with van der Waals surface area (Å²) in [5.74, 6) is 0.960. The van der Waals surface area contributed by atoms with Crippen molar-refractivity contribution in [2.75, 3.05) is 53.6 Å². The van der Waals surface area contributed by atoms with Crippen molar-refractivity contribution in [1.82, 2.24) is 5.32 Å². The van der Waals surface area contributed by atoms with Crippen LogP contribution in [0.3, 0.4) is 0 Å². The van der Waals surface area contributed by atoms with Crippen LogP contribution in [0.25, 0.3) is 0 Å². The number of benzene rings is 5. The maximum Gasteiger partial charge on any atom is 0.260 e. The number of ether oxygens (including phenoxy) is 4. The van der Waals surface area contributed by atoms with Crippen LogP contribution in [0.15, 0.2) is 91.0 Å². The zero-order chi connectivity index (χ0) is 41.7. The summed E-state index contributed by atoms with van der Waals surface area (Å²) in [5.41, 5.74) is 7.73. The summed E-state index contributed by atoms with van der Waals surface area (Å²) in [6.07, 6.45) is 0.250. The first kappa shape index (κ1) is 38.7. The Hall–Kier alpha value is -6.77. The van der Waals surface area contributed by atoms with Gasteiger partial charge in [-0.25, -0.2) is 0 Å². The number of fused-ring (bicyclic) bond motifs is 8. The van der Waals surface area contributed by atoms with Crippen molar-refractivity contribution < 1.29 is 38.4 Å². The largest absolute Gasteiger partial charge is 0.493 e. The van der Waals surface area contributed by atoms with E-state index in [4.69, 9.17) is 18.9 Å². The zero-order valence-electron chi connectivity index (χ0n) is 33.7. The van der Waals surface area contributed by atoms with Crippen molar-refractivity contribution in [3.8, 4) is 23.0 Å². The number of likely N-dealkylation sites (N-methyl/N-ethyl adjacent to an activating group) is 1. The van der Waals surface area contributed by atoms with Crippen LogP contribution in [0.5, 0.6) is 23.0 Å². The highest BCUT2D eigenvalue weighted by atomic mass is 16.5. The molecule has 0 fully saturated rings. The summed E-state index contributed by atoms with van der Waals surface area (Å²) in [6.45, 7) is 2.49. The monoisotopic (exact) mass is 810 g/mol. The molecule has 3 amide bonds. The fourth-order valence-electron chi connectivity index (χ4n) is 8.56. The van der Waals surface area contributed by atoms with Gasteiger partial charge >= 0.3 is 0 Å². The third kappa shape index (κ3) is 6.96. The van der Waals surface area contributed by atoms with Gasteiger partial charge in [0.05, 0.1) is 54.8 Å². The number of aliphatic hydroxyl groups is 1. The molecule has 3 unspecified atom stereocenters. The molecule has 4 aliphatic rings. The second-order valence-corrected chi connectivity index (χ2v) is 15.4. The Bertz CT molecular complexity index is 2530. The van der Waals surface area contributed by atoms with E-state index in [9.17, 15) is 19.5 Å². The molecule has 0 saturated carbocycles. The highest BCUT2D eigenvalue weighted by Gasteiger charge is 2.42. The molecule has 5 N–H and O–H groups in total. The number of carbonyl (C=O) groups is 3. The van der Waals surface area contributed by atoms with Gasteiger partial charge in [0.1, 0.15) is 19.4 Å².